The summed E-state index contributed by atoms with van der Waals surface area (Å²) in [6.45, 7) is 4.99. The van der Waals surface area contributed by atoms with Crippen LogP contribution in [0.15, 0.2) is 24.3 Å². The molecule has 2 fully saturated rings. The highest BCUT2D eigenvalue weighted by molar-refractivity contribution is 5.91. The Morgan fingerprint density at radius 1 is 1.18 bits per heavy atom. The molecule has 3 aromatic rings. The highest BCUT2D eigenvalue weighted by Crippen LogP contribution is 2.45. The van der Waals surface area contributed by atoms with Crippen molar-refractivity contribution in [3.63, 3.8) is 0 Å². The van der Waals surface area contributed by atoms with Gasteiger partial charge >= 0.3 is 6.18 Å². The number of alkyl halides is 5. The Balaban J connectivity index is 1.44. The number of aromatic nitrogens is 4. The first-order chi connectivity index (χ1) is 20.4. The van der Waals surface area contributed by atoms with Crippen LogP contribution < -0.4 is 11.1 Å². The fraction of sp³-hybridized carbons (Fsp3) is 0.600. The summed E-state index contributed by atoms with van der Waals surface area (Å²) >= 11 is 0. The molecule has 44 heavy (non-hydrogen) atoms. The SMILES string of the molecule is CC(C)n1nc([C@@H](COC(C)(C)C(F)(F)F)c2nc3ccc([C@H](NC(=O)CC4CC(F)(F)C4)C4CC4)cc3[nH]2)cc1C(N)=O. The zero-order chi connectivity index (χ0) is 32.2. The first kappa shape index (κ1) is 31.9. The quantitative estimate of drug-likeness (QED) is 0.215. The van der Waals surface area contributed by atoms with E-state index in [0.717, 1.165) is 32.3 Å². The van der Waals surface area contributed by atoms with E-state index in [4.69, 9.17) is 10.5 Å². The van der Waals surface area contributed by atoms with Gasteiger partial charge < -0.3 is 20.8 Å². The Hall–Kier alpha value is -3.55. The van der Waals surface area contributed by atoms with Crippen molar-refractivity contribution >= 4 is 22.8 Å². The summed E-state index contributed by atoms with van der Waals surface area (Å²) < 4.78 is 74.2. The molecular formula is C30H37F5N6O3. The van der Waals surface area contributed by atoms with Crippen LogP contribution in [0.25, 0.3) is 11.0 Å². The summed E-state index contributed by atoms with van der Waals surface area (Å²) in [5.74, 6) is -4.46. The smallest absolute Gasteiger partial charge is 0.365 e. The fourth-order valence-electron chi connectivity index (χ4n) is 5.57. The Morgan fingerprint density at radius 2 is 1.86 bits per heavy atom. The molecular weight excluding hydrogens is 587 g/mol. The van der Waals surface area contributed by atoms with E-state index in [1.54, 1.807) is 19.9 Å². The van der Waals surface area contributed by atoms with Gasteiger partial charge in [0.2, 0.25) is 11.8 Å². The minimum Gasteiger partial charge on any atom is -0.365 e. The van der Waals surface area contributed by atoms with Gasteiger partial charge in [-0.15, -0.1) is 0 Å². The van der Waals surface area contributed by atoms with E-state index in [-0.39, 0.29) is 66.3 Å². The highest BCUT2D eigenvalue weighted by atomic mass is 19.4. The summed E-state index contributed by atoms with van der Waals surface area (Å²) in [7, 11) is 0. The number of amides is 2. The molecule has 4 N–H and O–H groups in total. The van der Waals surface area contributed by atoms with E-state index in [1.807, 2.05) is 12.1 Å². The maximum Gasteiger partial charge on any atom is 0.416 e. The number of aromatic amines is 1. The third kappa shape index (κ3) is 6.74. The number of hydrogen-bond donors (Lipinski definition) is 3. The molecule has 0 radical (unpaired) electrons. The number of imidazole rings is 1. The predicted octanol–water partition coefficient (Wildman–Crippen LogP) is 5.93. The van der Waals surface area contributed by atoms with Crippen molar-refractivity contribution in [2.75, 3.05) is 6.61 Å². The van der Waals surface area contributed by atoms with Crippen LogP contribution in [0.5, 0.6) is 0 Å². The molecule has 0 spiro atoms. The number of carbonyl (C=O) groups is 2. The van der Waals surface area contributed by atoms with Gasteiger partial charge in [0.05, 0.1) is 35.3 Å². The molecule has 2 heterocycles. The molecule has 1 aromatic carbocycles. The normalized spacial score (nSPS) is 18.8. The lowest BCUT2D eigenvalue weighted by atomic mass is 9.79. The number of fused-ring (bicyclic) bond motifs is 1. The monoisotopic (exact) mass is 624 g/mol. The molecule has 5 rings (SSSR count). The van der Waals surface area contributed by atoms with E-state index >= 15 is 0 Å². The van der Waals surface area contributed by atoms with Crippen LogP contribution in [0, 0.1) is 11.8 Å². The summed E-state index contributed by atoms with van der Waals surface area (Å²) in [5, 5.41) is 7.52. The molecule has 2 aromatic heterocycles. The lowest BCUT2D eigenvalue weighted by Gasteiger charge is -2.34. The number of rotatable bonds is 12. The number of halogens is 5. The van der Waals surface area contributed by atoms with Crippen LogP contribution in [0.1, 0.15) is 105 Å². The number of ether oxygens (including phenoxy) is 1. The number of nitrogens with zero attached hydrogens (tertiary/aromatic N) is 3. The second-order valence-corrected chi connectivity index (χ2v) is 12.8. The largest absolute Gasteiger partial charge is 0.416 e. The zero-order valence-corrected chi connectivity index (χ0v) is 25.0. The highest BCUT2D eigenvalue weighted by Gasteiger charge is 2.49. The average molecular weight is 625 g/mol. The number of benzene rings is 1. The van der Waals surface area contributed by atoms with Crippen molar-refractivity contribution in [2.45, 2.75) is 95.5 Å². The maximum atomic E-state index is 13.7. The lowest BCUT2D eigenvalue weighted by molar-refractivity contribution is -0.264. The number of H-pyrrole nitrogens is 1. The molecule has 0 saturated heterocycles. The topological polar surface area (TPSA) is 128 Å². The van der Waals surface area contributed by atoms with Crippen molar-refractivity contribution in [2.24, 2.45) is 17.6 Å². The molecule has 2 saturated carbocycles. The van der Waals surface area contributed by atoms with Crippen LogP contribution in [0.4, 0.5) is 22.0 Å². The number of nitrogens with one attached hydrogen (secondary N) is 2. The van der Waals surface area contributed by atoms with E-state index < -0.39 is 36.1 Å². The van der Waals surface area contributed by atoms with Gasteiger partial charge in [-0.05, 0) is 76.1 Å². The van der Waals surface area contributed by atoms with Gasteiger partial charge in [-0.3, -0.25) is 14.3 Å². The third-order valence-corrected chi connectivity index (χ3v) is 8.42. The molecule has 240 valence electrons. The molecule has 2 aliphatic carbocycles. The third-order valence-electron chi connectivity index (χ3n) is 8.42. The molecule has 2 aliphatic rings. The van der Waals surface area contributed by atoms with Gasteiger partial charge in [-0.2, -0.15) is 18.3 Å². The van der Waals surface area contributed by atoms with Gasteiger partial charge in [0.15, 0.2) is 5.60 Å². The Bertz CT molecular complexity index is 1530. The van der Waals surface area contributed by atoms with Gasteiger partial charge in [-0.1, -0.05) is 6.07 Å². The van der Waals surface area contributed by atoms with Gasteiger partial charge in [0.25, 0.3) is 5.91 Å². The maximum absolute atomic E-state index is 13.7. The zero-order valence-electron chi connectivity index (χ0n) is 25.0. The number of nitrogens with two attached hydrogens (primary N) is 1. The number of primary amides is 1. The van der Waals surface area contributed by atoms with Gasteiger partial charge in [0, 0.05) is 25.3 Å². The Labute approximate surface area is 251 Å². The lowest BCUT2D eigenvalue weighted by Crippen LogP contribution is -2.42. The van der Waals surface area contributed by atoms with Crippen molar-refractivity contribution in [3.8, 4) is 0 Å². The van der Waals surface area contributed by atoms with Crippen LogP contribution in [0.2, 0.25) is 0 Å². The van der Waals surface area contributed by atoms with Crippen molar-refractivity contribution in [1.29, 1.82) is 0 Å². The summed E-state index contributed by atoms with van der Waals surface area (Å²) in [5.41, 5.74) is 5.35. The molecule has 0 bridgehead atoms. The molecule has 14 heteroatoms. The minimum absolute atomic E-state index is 0.0432. The summed E-state index contributed by atoms with van der Waals surface area (Å²) in [4.78, 5) is 32.7. The van der Waals surface area contributed by atoms with E-state index in [9.17, 15) is 31.5 Å². The predicted molar refractivity (Wildman–Crippen MR) is 151 cm³/mol. The number of hydrogen-bond acceptors (Lipinski definition) is 5. The Morgan fingerprint density at radius 3 is 2.41 bits per heavy atom. The van der Waals surface area contributed by atoms with E-state index in [0.29, 0.717) is 11.0 Å². The van der Waals surface area contributed by atoms with Gasteiger partial charge in [0.1, 0.15) is 11.5 Å². The van der Waals surface area contributed by atoms with Crippen molar-refractivity contribution in [1.82, 2.24) is 25.1 Å². The fourth-order valence-corrected chi connectivity index (χ4v) is 5.57. The van der Waals surface area contributed by atoms with E-state index in [1.165, 1.54) is 10.7 Å². The van der Waals surface area contributed by atoms with Crippen LogP contribution >= 0.6 is 0 Å². The number of carbonyl (C=O) groups excluding carboxylic acids is 2. The van der Waals surface area contributed by atoms with Crippen molar-refractivity contribution < 1.29 is 36.3 Å². The molecule has 9 nitrogen and oxygen atoms in total. The van der Waals surface area contributed by atoms with Crippen LogP contribution in [0.3, 0.4) is 0 Å². The second kappa shape index (κ2) is 11.4. The second-order valence-electron chi connectivity index (χ2n) is 12.8. The first-order valence-corrected chi connectivity index (χ1v) is 14.7. The summed E-state index contributed by atoms with van der Waals surface area (Å²) in [6, 6.07) is 6.26. The summed E-state index contributed by atoms with van der Waals surface area (Å²) in [6.07, 6.45) is -3.33. The minimum atomic E-state index is -4.64. The van der Waals surface area contributed by atoms with Gasteiger partial charge in [-0.25, -0.2) is 13.8 Å². The standard InChI is InChI=1S/C30H37F5N6O3/c1-15(2)41-23(26(36)43)11-21(40-41)19(14-44-28(3,4)30(33,34)35)27-37-20-8-7-18(10-22(20)38-27)25(17-5-6-17)39-24(42)9-16-12-29(31,32)13-16/h7-8,10-11,15-17,19,25H,5-6,9,12-14H2,1-4H3,(H2,36,43)(H,37,38)(H,39,42)/t19-,25-/m1/s1. The van der Waals surface area contributed by atoms with Crippen molar-refractivity contribution in [3.05, 3.63) is 47.0 Å². The molecule has 0 aliphatic heterocycles. The molecule has 2 amide bonds. The van der Waals surface area contributed by atoms with Crippen LogP contribution in [-0.2, 0) is 9.53 Å². The first-order valence-electron chi connectivity index (χ1n) is 14.7. The van der Waals surface area contributed by atoms with Crippen LogP contribution in [-0.4, -0.2) is 55.9 Å². The molecule has 0 unspecified atom stereocenters. The molecule has 2 atom stereocenters. The van der Waals surface area contributed by atoms with E-state index in [2.05, 4.69) is 20.4 Å². The Kier molecular flexibility index (Phi) is 8.27. The average Bonchev–Trinajstić information content (AvgIpc) is 3.48.